The Kier molecular flexibility index (Phi) is 5.27. The van der Waals surface area contributed by atoms with Gasteiger partial charge in [-0.25, -0.2) is 0 Å². The number of carbonyl (C=O) groups excluding carboxylic acids is 1. The fraction of sp³-hybridized carbons (Fsp3) is 0.417. The van der Waals surface area contributed by atoms with Gasteiger partial charge in [0.25, 0.3) is 11.6 Å². The molecule has 0 fully saturated rings. The number of carbonyl (C=O) groups is 1. The topological polar surface area (TPSA) is 63.5 Å². The number of rotatable bonds is 5. The zero-order chi connectivity index (χ0) is 13.7. The maximum atomic E-state index is 12.0. The van der Waals surface area contributed by atoms with Gasteiger partial charge in [0.2, 0.25) is 0 Å². The number of hydrogen-bond donors (Lipinski definition) is 0. The van der Waals surface area contributed by atoms with Gasteiger partial charge in [-0.05, 0) is 19.4 Å². The molecule has 0 saturated heterocycles. The third-order valence-electron chi connectivity index (χ3n) is 2.63. The van der Waals surface area contributed by atoms with Crippen molar-refractivity contribution in [3.8, 4) is 0 Å². The lowest BCUT2D eigenvalue weighted by molar-refractivity contribution is -0.385. The van der Waals surface area contributed by atoms with E-state index in [1.54, 1.807) is 31.0 Å². The average molecular weight is 315 g/mol. The van der Waals surface area contributed by atoms with Crippen molar-refractivity contribution in [2.75, 3.05) is 18.9 Å². The molecule has 6 heteroatoms. The molecule has 1 rings (SSSR count). The first-order valence-electron chi connectivity index (χ1n) is 5.54. The molecule has 0 aliphatic rings. The predicted octanol–water partition coefficient (Wildman–Crippen LogP) is 2.76. The van der Waals surface area contributed by atoms with Crippen LogP contribution in [0.1, 0.15) is 22.3 Å². The third kappa shape index (κ3) is 3.53. The van der Waals surface area contributed by atoms with E-state index in [4.69, 9.17) is 0 Å². The van der Waals surface area contributed by atoms with Crippen LogP contribution in [0.5, 0.6) is 0 Å². The number of amides is 1. The quantitative estimate of drug-likeness (QED) is 0.477. The number of halogens is 1. The van der Waals surface area contributed by atoms with Crippen LogP contribution in [0, 0.1) is 17.0 Å². The van der Waals surface area contributed by atoms with Crippen LogP contribution in [0.15, 0.2) is 18.2 Å². The van der Waals surface area contributed by atoms with Crippen LogP contribution in [0.4, 0.5) is 5.69 Å². The Morgan fingerprint density at radius 2 is 2.17 bits per heavy atom. The Labute approximate surface area is 114 Å². The average Bonchev–Trinajstić information content (AvgIpc) is 2.35. The van der Waals surface area contributed by atoms with Crippen molar-refractivity contribution in [1.82, 2.24) is 4.90 Å². The van der Waals surface area contributed by atoms with Gasteiger partial charge in [-0.15, -0.1) is 0 Å². The molecule has 1 aromatic rings. The van der Waals surface area contributed by atoms with Gasteiger partial charge in [-0.1, -0.05) is 22.0 Å². The Morgan fingerprint density at radius 3 is 2.72 bits per heavy atom. The number of aryl methyl sites for hydroxylation is 1. The number of benzene rings is 1. The van der Waals surface area contributed by atoms with Crippen molar-refractivity contribution in [2.24, 2.45) is 0 Å². The second-order valence-corrected chi connectivity index (χ2v) is 4.82. The molecule has 0 atom stereocenters. The number of hydrogen-bond acceptors (Lipinski definition) is 3. The zero-order valence-corrected chi connectivity index (χ0v) is 11.9. The van der Waals surface area contributed by atoms with Gasteiger partial charge in [-0.2, -0.15) is 0 Å². The van der Waals surface area contributed by atoms with Gasteiger partial charge in [-0.3, -0.25) is 14.9 Å². The van der Waals surface area contributed by atoms with E-state index in [0.29, 0.717) is 17.7 Å². The number of alkyl halides is 1. The van der Waals surface area contributed by atoms with E-state index in [9.17, 15) is 14.9 Å². The highest BCUT2D eigenvalue weighted by molar-refractivity contribution is 9.09. The summed E-state index contributed by atoms with van der Waals surface area (Å²) in [5.41, 5.74) is 0.888. The summed E-state index contributed by atoms with van der Waals surface area (Å²) in [5, 5.41) is 11.6. The van der Waals surface area contributed by atoms with Crippen LogP contribution in [0.25, 0.3) is 0 Å². The molecule has 0 N–H and O–H groups in total. The minimum atomic E-state index is -0.468. The molecule has 0 bridgehead atoms. The monoisotopic (exact) mass is 314 g/mol. The minimum Gasteiger partial charge on any atom is -0.342 e. The molecule has 0 aromatic heterocycles. The van der Waals surface area contributed by atoms with Crippen molar-refractivity contribution >= 4 is 27.5 Å². The summed E-state index contributed by atoms with van der Waals surface area (Å²) in [4.78, 5) is 23.9. The third-order valence-corrected chi connectivity index (χ3v) is 3.19. The van der Waals surface area contributed by atoms with E-state index in [1.165, 1.54) is 6.07 Å². The largest absolute Gasteiger partial charge is 0.342 e. The summed E-state index contributed by atoms with van der Waals surface area (Å²) in [7, 11) is 1.69. The summed E-state index contributed by atoms with van der Waals surface area (Å²) in [6.45, 7) is 2.27. The maximum absolute atomic E-state index is 12.0. The van der Waals surface area contributed by atoms with Crippen molar-refractivity contribution in [1.29, 1.82) is 0 Å². The molecule has 0 aliphatic carbocycles. The molecule has 98 valence electrons. The molecule has 0 saturated carbocycles. The first-order chi connectivity index (χ1) is 8.47. The van der Waals surface area contributed by atoms with E-state index in [1.807, 2.05) is 0 Å². The van der Waals surface area contributed by atoms with Crippen molar-refractivity contribution < 1.29 is 9.72 Å². The van der Waals surface area contributed by atoms with Crippen LogP contribution in [-0.2, 0) is 0 Å². The van der Waals surface area contributed by atoms with E-state index in [2.05, 4.69) is 15.9 Å². The first-order valence-corrected chi connectivity index (χ1v) is 6.66. The zero-order valence-electron chi connectivity index (χ0n) is 10.4. The van der Waals surface area contributed by atoms with Crippen LogP contribution in [0.2, 0.25) is 0 Å². The molecule has 0 aliphatic heterocycles. The van der Waals surface area contributed by atoms with E-state index < -0.39 is 4.92 Å². The second-order valence-electron chi connectivity index (χ2n) is 4.03. The molecular formula is C12H15BrN2O3. The van der Waals surface area contributed by atoms with Crippen LogP contribution >= 0.6 is 15.9 Å². The normalized spacial score (nSPS) is 10.2. The molecule has 1 aromatic carbocycles. The van der Waals surface area contributed by atoms with Crippen LogP contribution in [-0.4, -0.2) is 34.7 Å². The van der Waals surface area contributed by atoms with Crippen LogP contribution < -0.4 is 0 Å². The summed E-state index contributed by atoms with van der Waals surface area (Å²) >= 11 is 3.30. The fourth-order valence-electron chi connectivity index (χ4n) is 1.56. The second kappa shape index (κ2) is 6.49. The molecule has 18 heavy (non-hydrogen) atoms. The SMILES string of the molecule is Cc1ccc(C(=O)N(C)CCCBr)cc1[N+](=O)[O-]. The van der Waals surface area contributed by atoms with Crippen molar-refractivity contribution in [3.63, 3.8) is 0 Å². The van der Waals surface area contributed by atoms with E-state index >= 15 is 0 Å². The van der Waals surface area contributed by atoms with Gasteiger partial charge in [0, 0.05) is 36.1 Å². The van der Waals surface area contributed by atoms with Gasteiger partial charge in [0.15, 0.2) is 0 Å². The molecule has 0 spiro atoms. The molecule has 0 radical (unpaired) electrons. The molecule has 0 heterocycles. The standard InChI is InChI=1S/C12H15BrN2O3/c1-9-4-5-10(8-11(9)15(17)18)12(16)14(2)7-3-6-13/h4-5,8H,3,6-7H2,1-2H3. The Hall–Kier alpha value is -1.43. The lowest BCUT2D eigenvalue weighted by atomic mass is 10.1. The highest BCUT2D eigenvalue weighted by Crippen LogP contribution is 2.20. The first kappa shape index (κ1) is 14.6. The molecule has 5 nitrogen and oxygen atoms in total. The summed E-state index contributed by atoms with van der Waals surface area (Å²) in [6.07, 6.45) is 0.843. The number of nitrogens with zero attached hydrogens (tertiary/aromatic N) is 2. The Bertz CT molecular complexity index is 463. The van der Waals surface area contributed by atoms with Gasteiger partial charge in [0.1, 0.15) is 0 Å². The molecular weight excluding hydrogens is 300 g/mol. The number of nitro benzene ring substituents is 1. The van der Waals surface area contributed by atoms with Gasteiger partial charge >= 0.3 is 0 Å². The van der Waals surface area contributed by atoms with Crippen molar-refractivity contribution in [2.45, 2.75) is 13.3 Å². The highest BCUT2D eigenvalue weighted by atomic mass is 79.9. The Morgan fingerprint density at radius 1 is 1.50 bits per heavy atom. The smallest absolute Gasteiger partial charge is 0.273 e. The summed E-state index contributed by atoms with van der Waals surface area (Å²) in [5.74, 6) is -0.195. The summed E-state index contributed by atoms with van der Waals surface area (Å²) < 4.78 is 0. The summed E-state index contributed by atoms with van der Waals surface area (Å²) in [6, 6.07) is 4.56. The Balaban J connectivity index is 2.93. The highest BCUT2D eigenvalue weighted by Gasteiger charge is 2.17. The van der Waals surface area contributed by atoms with E-state index in [-0.39, 0.29) is 11.6 Å². The fourth-order valence-corrected chi connectivity index (χ4v) is 1.81. The minimum absolute atomic E-state index is 0.0188. The van der Waals surface area contributed by atoms with E-state index in [0.717, 1.165) is 11.8 Å². The van der Waals surface area contributed by atoms with Gasteiger partial charge < -0.3 is 4.90 Å². The molecule has 0 unspecified atom stereocenters. The van der Waals surface area contributed by atoms with Crippen LogP contribution in [0.3, 0.4) is 0 Å². The lowest BCUT2D eigenvalue weighted by Crippen LogP contribution is -2.28. The van der Waals surface area contributed by atoms with Gasteiger partial charge in [0.05, 0.1) is 4.92 Å². The number of nitro groups is 1. The predicted molar refractivity (Wildman–Crippen MR) is 73.2 cm³/mol. The molecule has 1 amide bonds. The lowest BCUT2D eigenvalue weighted by Gasteiger charge is -2.16. The van der Waals surface area contributed by atoms with Crippen molar-refractivity contribution in [3.05, 3.63) is 39.4 Å². The maximum Gasteiger partial charge on any atom is 0.273 e.